The van der Waals surface area contributed by atoms with Crippen LogP contribution in [0.4, 0.5) is 0 Å². The minimum absolute atomic E-state index is 0.145. The summed E-state index contributed by atoms with van der Waals surface area (Å²) in [6.07, 6.45) is 3.29. The van der Waals surface area contributed by atoms with Crippen molar-refractivity contribution in [1.82, 2.24) is 25.4 Å². The fraction of sp³-hybridized carbons (Fsp3) is 0.636. The van der Waals surface area contributed by atoms with Gasteiger partial charge in [-0.2, -0.15) is 5.10 Å². The quantitative estimate of drug-likeness (QED) is 0.724. The smallest absolute Gasteiger partial charge is 0.292 e. The summed E-state index contributed by atoms with van der Waals surface area (Å²) in [5, 5.41) is 9.07. The molecule has 102 valence electrons. The van der Waals surface area contributed by atoms with Crippen molar-refractivity contribution in [2.45, 2.75) is 24.9 Å². The molecule has 8 heteroatoms. The third kappa shape index (κ3) is 2.58. The Bertz CT molecular complexity index is 471. The molecule has 2 aliphatic rings. The lowest BCUT2D eigenvalue weighted by Gasteiger charge is -2.33. The van der Waals surface area contributed by atoms with Gasteiger partial charge in [-0.15, -0.1) is 0 Å². The van der Waals surface area contributed by atoms with Crippen molar-refractivity contribution in [1.29, 1.82) is 0 Å². The minimum Gasteiger partial charge on any atom is -0.377 e. The van der Waals surface area contributed by atoms with Gasteiger partial charge in [0.25, 0.3) is 5.91 Å². The fourth-order valence-corrected chi connectivity index (χ4v) is 2.03. The van der Waals surface area contributed by atoms with Gasteiger partial charge in [-0.3, -0.25) is 14.7 Å². The summed E-state index contributed by atoms with van der Waals surface area (Å²) in [7, 11) is 0. The monoisotopic (exact) mass is 265 g/mol. The highest BCUT2D eigenvalue weighted by Crippen LogP contribution is 2.20. The number of aromatic amines is 1. The van der Waals surface area contributed by atoms with Crippen molar-refractivity contribution < 1.29 is 14.3 Å². The zero-order chi connectivity index (χ0) is 13.2. The molecule has 8 nitrogen and oxygen atoms in total. The van der Waals surface area contributed by atoms with E-state index in [9.17, 15) is 9.59 Å². The van der Waals surface area contributed by atoms with Gasteiger partial charge in [-0.25, -0.2) is 4.98 Å². The van der Waals surface area contributed by atoms with Crippen molar-refractivity contribution >= 4 is 11.8 Å². The number of nitrogens with one attached hydrogen (secondary N) is 2. The molecule has 1 saturated carbocycles. The first kappa shape index (κ1) is 12.1. The molecule has 0 radical (unpaired) electrons. The van der Waals surface area contributed by atoms with Gasteiger partial charge in [0.1, 0.15) is 12.4 Å². The topological polar surface area (TPSA) is 100 Å². The van der Waals surface area contributed by atoms with Crippen LogP contribution in [-0.2, 0) is 9.53 Å². The Morgan fingerprint density at radius 1 is 1.47 bits per heavy atom. The van der Waals surface area contributed by atoms with Crippen molar-refractivity contribution in [2.24, 2.45) is 0 Å². The van der Waals surface area contributed by atoms with E-state index in [1.54, 1.807) is 0 Å². The average molecular weight is 265 g/mol. The lowest BCUT2D eigenvalue weighted by Crippen LogP contribution is -2.56. The van der Waals surface area contributed by atoms with Crippen LogP contribution < -0.4 is 5.32 Å². The van der Waals surface area contributed by atoms with E-state index in [0.717, 1.165) is 12.8 Å². The maximum Gasteiger partial charge on any atom is 0.292 e. The first-order valence-corrected chi connectivity index (χ1v) is 6.30. The van der Waals surface area contributed by atoms with E-state index in [1.807, 2.05) is 0 Å². The summed E-state index contributed by atoms with van der Waals surface area (Å²) in [5.41, 5.74) is 0. The van der Waals surface area contributed by atoms with Crippen LogP contribution in [0.15, 0.2) is 6.33 Å². The van der Waals surface area contributed by atoms with E-state index < -0.39 is 6.04 Å². The number of ether oxygens (including phenoxy) is 1. The average Bonchev–Trinajstić information content (AvgIpc) is 3.08. The largest absolute Gasteiger partial charge is 0.377 e. The molecule has 2 N–H and O–H groups in total. The summed E-state index contributed by atoms with van der Waals surface area (Å²) in [6.45, 7) is 1.02. The SMILES string of the molecule is O=C(NC1CC1)C1COCCN1C(=O)c1ncn[nH]1. The van der Waals surface area contributed by atoms with E-state index in [-0.39, 0.29) is 30.3 Å². The zero-order valence-electron chi connectivity index (χ0n) is 10.3. The summed E-state index contributed by atoms with van der Waals surface area (Å²) >= 11 is 0. The molecule has 1 atom stereocenters. The molecule has 1 aliphatic carbocycles. The Labute approximate surface area is 109 Å². The number of morpholine rings is 1. The minimum atomic E-state index is -0.591. The normalized spacial score (nSPS) is 23.2. The zero-order valence-corrected chi connectivity index (χ0v) is 10.3. The van der Waals surface area contributed by atoms with Gasteiger partial charge in [0.15, 0.2) is 0 Å². The van der Waals surface area contributed by atoms with E-state index >= 15 is 0 Å². The second-order valence-electron chi connectivity index (χ2n) is 4.71. The number of hydrogen-bond donors (Lipinski definition) is 2. The number of carbonyl (C=O) groups excluding carboxylic acids is 2. The van der Waals surface area contributed by atoms with Gasteiger partial charge in [-0.1, -0.05) is 0 Å². The highest BCUT2D eigenvalue weighted by Gasteiger charge is 2.36. The van der Waals surface area contributed by atoms with Crippen LogP contribution >= 0.6 is 0 Å². The lowest BCUT2D eigenvalue weighted by molar-refractivity contribution is -0.130. The maximum atomic E-state index is 12.2. The van der Waals surface area contributed by atoms with E-state index in [0.29, 0.717) is 13.2 Å². The molecule has 0 bridgehead atoms. The van der Waals surface area contributed by atoms with Gasteiger partial charge in [0.2, 0.25) is 11.7 Å². The Balaban J connectivity index is 1.72. The van der Waals surface area contributed by atoms with Crippen LogP contribution in [0.25, 0.3) is 0 Å². The predicted molar refractivity (Wildman–Crippen MR) is 63.2 cm³/mol. The molecule has 0 spiro atoms. The molecule has 1 aromatic heterocycles. The number of carbonyl (C=O) groups is 2. The predicted octanol–water partition coefficient (Wildman–Crippen LogP) is -1.08. The molecule has 2 amide bonds. The van der Waals surface area contributed by atoms with Crippen LogP contribution in [0, 0.1) is 0 Å². The van der Waals surface area contributed by atoms with Crippen molar-refractivity contribution in [2.75, 3.05) is 19.8 Å². The summed E-state index contributed by atoms with van der Waals surface area (Å²) in [5.74, 6) is -0.335. The van der Waals surface area contributed by atoms with Crippen molar-refractivity contribution in [3.8, 4) is 0 Å². The number of hydrogen-bond acceptors (Lipinski definition) is 5. The van der Waals surface area contributed by atoms with Gasteiger partial charge in [0.05, 0.1) is 13.2 Å². The van der Waals surface area contributed by atoms with Crippen molar-refractivity contribution in [3.05, 3.63) is 12.2 Å². The third-order valence-electron chi connectivity index (χ3n) is 3.23. The number of rotatable bonds is 3. The fourth-order valence-electron chi connectivity index (χ4n) is 2.03. The lowest BCUT2D eigenvalue weighted by atomic mass is 10.2. The number of amides is 2. The summed E-state index contributed by atoms with van der Waals surface area (Å²) < 4.78 is 5.30. The van der Waals surface area contributed by atoms with Gasteiger partial charge < -0.3 is 15.0 Å². The number of aromatic nitrogens is 3. The van der Waals surface area contributed by atoms with Crippen LogP contribution in [0.3, 0.4) is 0 Å². The van der Waals surface area contributed by atoms with E-state index in [2.05, 4.69) is 20.5 Å². The van der Waals surface area contributed by atoms with Gasteiger partial charge in [0, 0.05) is 12.6 Å². The maximum absolute atomic E-state index is 12.2. The Hall–Kier alpha value is -1.96. The molecule has 3 rings (SSSR count). The molecule has 0 aromatic carbocycles. The Morgan fingerprint density at radius 3 is 3.00 bits per heavy atom. The first-order valence-electron chi connectivity index (χ1n) is 6.30. The standard InChI is InChI=1S/C11H15N5O3/c17-10(14-7-1-2-7)8-5-19-4-3-16(8)11(18)9-12-6-13-15-9/h6-8H,1-5H2,(H,14,17)(H,12,13,15). The van der Waals surface area contributed by atoms with Crippen LogP contribution in [0.2, 0.25) is 0 Å². The Kier molecular flexibility index (Phi) is 3.16. The van der Waals surface area contributed by atoms with E-state index in [1.165, 1.54) is 11.2 Å². The van der Waals surface area contributed by atoms with Gasteiger partial charge in [-0.05, 0) is 12.8 Å². The number of H-pyrrole nitrogens is 1. The highest BCUT2D eigenvalue weighted by molar-refractivity contribution is 5.95. The second kappa shape index (κ2) is 4.96. The molecule has 1 saturated heterocycles. The molecule has 19 heavy (non-hydrogen) atoms. The van der Waals surface area contributed by atoms with Crippen LogP contribution in [-0.4, -0.2) is 63.7 Å². The molecule has 1 aliphatic heterocycles. The second-order valence-corrected chi connectivity index (χ2v) is 4.71. The Morgan fingerprint density at radius 2 is 2.32 bits per heavy atom. The molecular formula is C11H15N5O3. The first-order chi connectivity index (χ1) is 9.25. The number of nitrogens with zero attached hydrogens (tertiary/aromatic N) is 3. The highest BCUT2D eigenvalue weighted by atomic mass is 16.5. The van der Waals surface area contributed by atoms with Crippen molar-refractivity contribution in [3.63, 3.8) is 0 Å². The van der Waals surface area contributed by atoms with Crippen LogP contribution in [0.5, 0.6) is 0 Å². The molecule has 1 unspecified atom stereocenters. The molecular weight excluding hydrogens is 250 g/mol. The summed E-state index contributed by atoms with van der Waals surface area (Å²) in [4.78, 5) is 29.7. The third-order valence-corrected chi connectivity index (χ3v) is 3.23. The van der Waals surface area contributed by atoms with Crippen LogP contribution in [0.1, 0.15) is 23.5 Å². The van der Waals surface area contributed by atoms with Gasteiger partial charge >= 0.3 is 0 Å². The van der Waals surface area contributed by atoms with E-state index in [4.69, 9.17) is 4.74 Å². The molecule has 2 heterocycles. The molecule has 2 fully saturated rings. The molecule has 1 aromatic rings. The summed E-state index contributed by atoms with van der Waals surface area (Å²) in [6, 6.07) is -0.330.